The molecule has 3 N–H and O–H groups in total. The first-order valence-electron chi connectivity index (χ1n) is 6.66. The Hall–Kier alpha value is -1.70. The molecule has 2 rings (SSSR count). The van der Waals surface area contributed by atoms with Gasteiger partial charge in [0.2, 0.25) is 10.0 Å². The van der Waals surface area contributed by atoms with Crippen LogP contribution in [0.1, 0.15) is 22.6 Å². The molecule has 0 bridgehead atoms. The van der Waals surface area contributed by atoms with E-state index >= 15 is 0 Å². The molecule has 0 aliphatic heterocycles. The predicted molar refractivity (Wildman–Crippen MR) is 79.9 cm³/mol. The zero-order valence-electron chi connectivity index (χ0n) is 11.9. The molecule has 0 amide bonds. The van der Waals surface area contributed by atoms with Gasteiger partial charge in [0.15, 0.2) is 0 Å². The molecule has 6 nitrogen and oxygen atoms in total. The Kier molecular flexibility index (Phi) is 5.11. The fourth-order valence-electron chi connectivity index (χ4n) is 1.92. The fourth-order valence-corrected chi connectivity index (χ4v) is 2.93. The van der Waals surface area contributed by atoms with Crippen LogP contribution in [0, 0.1) is 6.92 Å². The Morgan fingerprint density at radius 1 is 1.24 bits per heavy atom. The van der Waals surface area contributed by atoms with Gasteiger partial charge >= 0.3 is 0 Å². The summed E-state index contributed by atoms with van der Waals surface area (Å²) in [5.41, 5.74) is 7.93. The molecule has 1 heterocycles. The van der Waals surface area contributed by atoms with Gasteiger partial charge < -0.3 is 10.3 Å². The lowest BCUT2D eigenvalue weighted by Gasteiger charge is -2.06. The van der Waals surface area contributed by atoms with E-state index in [2.05, 4.69) is 9.88 Å². The van der Waals surface area contributed by atoms with E-state index in [0.717, 1.165) is 17.5 Å². The Balaban J connectivity index is 1.91. The van der Waals surface area contributed by atoms with E-state index in [-0.39, 0.29) is 12.3 Å². The maximum absolute atomic E-state index is 11.9. The molecule has 7 heteroatoms. The SMILES string of the molecule is Cc1cc(CS(=O)(=O)NCc2ccc(CCN)cc2)no1. The van der Waals surface area contributed by atoms with Crippen LogP contribution in [0.15, 0.2) is 34.9 Å². The van der Waals surface area contributed by atoms with E-state index in [1.807, 2.05) is 24.3 Å². The van der Waals surface area contributed by atoms with E-state index in [1.54, 1.807) is 13.0 Å². The molecule has 1 aromatic carbocycles. The summed E-state index contributed by atoms with van der Waals surface area (Å²) >= 11 is 0. The minimum Gasteiger partial charge on any atom is -0.361 e. The molecule has 0 unspecified atom stereocenters. The minimum absolute atomic E-state index is 0.185. The number of benzene rings is 1. The first kappa shape index (κ1) is 15.7. The van der Waals surface area contributed by atoms with Crippen LogP contribution in [0.3, 0.4) is 0 Å². The molecule has 0 aliphatic carbocycles. The Morgan fingerprint density at radius 2 is 1.90 bits per heavy atom. The highest BCUT2D eigenvalue weighted by molar-refractivity contribution is 7.88. The molecule has 0 atom stereocenters. The second kappa shape index (κ2) is 6.84. The predicted octanol–water partition coefficient (Wildman–Crippen LogP) is 1.10. The van der Waals surface area contributed by atoms with Gasteiger partial charge in [0.05, 0.1) is 0 Å². The van der Waals surface area contributed by atoms with Crippen molar-refractivity contribution in [2.45, 2.75) is 25.6 Å². The van der Waals surface area contributed by atoms with Crippen molar-refractivity contribution in [3.63, 3.8) is 0 Å². The number of nitrogens with one attached hydrogen (secondary N) is 1. The third-order valence-electron chi connectivity index (χ3n) is 2.97. The molecule has 114 valence electrons. The van der Waals surface area contributed by atoms with Crippen molar-refractivity contribution in [1.82, 2.24) is 9.88 Å². The average Bonchev–Trinajstić information content (AvgIpc) is 2.83. The fraction of sp³-hybridized carbons (Fsp3) is 0.357. The van der Waals surface area contributed by atoms with E-state index in [9.17, 15) is 8.42 Å². The zero-order valence-corrected chi connectivity index (χ0v) is 12.7. The van der Waals surface area contributed by atoms with Gasteiger partial charge in [-0.3, -0.25) is 0 Å². The van der Waals surface area contributed by atoms with E-state index in [1.165, 1.54) is 0 Å². The second-order valence-electron chi connectivity index (χ2n) is 4.86. The lowest BCUT2D eigenvalue weighted by atomic mass is 10.1. The first-order valence-corrected chi connectivity index (χ1v) is 8.31. The maximum Gasteiger partial charge on any atom is 0.217 e. The molecule has 1 aromatic heterocycles. The average molecular weight is 309 g/mol. The van der Waals surface area contributed by atoms with Gasteiger partial charge in [-0.1, -0.05) is 29.4 Å². The summed E-state index contributed by atoms with van der Waals surface area (Å²) in [6.45, 7) is 2.57. The van der Waals surface area contributed by atoms with Gasteiger partial charge in [0.1, 0.15) is 17.2 Å². The number of aryl methyl sites for hydroxylation is 1. The second-order valence-corrected chi connectivity index (χ2v) is 6.67. The molecule has 0 fully saturated rings. The first-order chi connectivity index (χ1) is 9.98. The lowest BCUT2D eigenvalue weighted by Crippen LogP contribution is -2.24. The van der Waals surface area contributed by atoms with Crippen LogP contribution in [0.5, 0.6) is 0 Å². The molecule has 2 aromatic rings. The van der Waals surface area contributed by atoms with Crippen LogP contribution >= 0.6 is 0 Å². The molecule has 0 radical (unpaired) electrons. The third-order valence-corrected chi connectivity index (χ3v) is 4.23. The summed E-state index contributed by atoms with van der Waals surface area (Å²) < 4.78 is 31.3. The van der Waals surface area contributed by atoms with Crippen LogP contribution < -0.4 is 10.5 Å². The van der Waals surface area contributed by atoms with Gasteiger partial charge in [0.25, 0.3) is 0 Å². The van der Waals surface area contributed by atoms with Gasteiger partial charge in [-0.2, -0.15) is 0 Å². The number of hydrogen-bond acceptors (Lipinski definition) is 5. The molecule has 21 heavy (non-hydrogen) atoms. The molecule has 0 aliphatic rings. The van der Waals surface area contributed by atoms with Crippen molar-refractivity contribution in [1.29, 1.82) is 0 Å². The summed E-state index contributed by atoms with van der Waals surface area (Å²) in [6.07, 6.45) is 0.817. The van der Waals surface area contributed by atoms with Crippen LogP contribution in [0.25, 0.3) is 0 Å². The van der Waals surface area contributed by atoms with Gasteiger partial charge in [-0.15, -0.1) is 0 Å². The Morgan fingerprint density at radius 3 is 2.48 bits per heavy atom. The van der Waals surface area contributed by atoms with E-state index in [0.29, 0.717) is 18.0 Å². The van der Waals surface area contributed by atoms with Gasteiger partial charge in [0, 0.05) is 12.6 Å². The monoisotopic (exact) mass is 309 g/mol. The smallest absolute Gasteiger partial charge is 0.217 e. The number of hydrogen-bond donors (Lipinski definition) is 2. The number of nitrogens with two attached hydrogens (primary N) is 1. The quantitative estimate of drug-likeness (QED) is 0.798. The van der Waals surface area contributed by atoms with Crippen LogP contribution in [-0.2, 0) is 28.7 Å². The van der Waals surface area contributed by atoms with Gasteiger partial charge in [-0.05, 0) is 31.0 Å². The highest BCUT2D eigenvalue weighted by Gasteiger charge is 2.14. The highest BCUT2D eigenvalue weighted by atomic mass is 32.2. The maximum atomic E-state index is 11.9. The lowest BCUT2D eigenvalue weighted by molar-refractivity contribution is 0.392. The van der Waals surface area contributed by atoms with Crippen LogP contribution in [-0.4, -0.2) is 20.1 Å². The van der Waals surface area contributed by atoms with Crippen molar-refractivity contribution in [3.05, 3.63) is 52.9 Å². The standard InChI is InChI=1S/C14H19N3O3S/c1-11-8-14(17-20-11)10-21(18,19)16-9-13-4-2-12(3-5-13)6-7-15/h2-5,8,16H,6-7,9-10,15H2,1H3. The molecule has 0 spiro atoms. The normalized spacial score (nSPS) is 11.7. The number of sulfonamides is 1. The molecule has 0 saturated heterocycles. The highest BCUT2D eigenvalue weighted by Crippen LogP contribution is 2.08. The number of nitrogens with zero attached hydrogens (tertiary/aromatic N) is 1. The van der Waals surface area contributed by atoms with Crippen molar-refractivity contribution in [3.8, 4) is 0 Å². The summed E-state index contributed by atoms with van der Waals surface area (Å²) in [5.74, 6) is 0.408. The Bertz CT molecular complexity index is 678. The summed E-state index contributed by atoms with van der Waals surface area (Å²) in [4.78, 5) is 0. The van der Waals surface area contributed by atoms with Crippen molar-refractivity contribution < 1.29 is 12.9 Å². The number of rotatable bonds is 7. The third kappa shape index (κ3) is 4.96. The molecule has 0 saturated carbocycles. The Labute approximate surface area is 124 Å². The van der Waals surface area contributed by atoms with Crippen LogP contribution in [0.2, 0.25) is 0 Å². The number of aromatic nitrogens is 1. The molecular weight excluding hydrogens is 290 g/mol. The summed E-state index contributed by atoms with van der Waals surface area (Å²) in [7, 11) is -3.43. The van der Waals surface area contributed by atoms with E-state index < -0.39 is 10.0 Å². The van der Waals surface area contributed by atoms with Crippen molar-refractivity contribution >= 4 is 10.0 Å². The largest absolute Gasteiger partial charge is 0.361 e. The van der Waals surface area contributed by atoms with E-state index in [4.69, 9.17) is 10.3 Å². The zero-order chi connectivity index (χ0) is 15.3. The summed E-state index contributed by atoms with van der Waals surface area (Å²) in [6, 6.07) is 9.32. The van der Waals surface area contributed by atoms with Gasteiger partial charge in [-0.25, -0.2) is 13.1 Å². The van der Waals surface area contributed by atoms with Crippen molar-refractivity contribution in [2.24, 2.45) is 5.73 Å². The minimum atomic E-state index is -3.43. The summed E-state index contributed by atoms with van der Waals surface area (Å²) in [5, 5.41) is 3.68. The van der Waals surface area contributed by atoms with Crippen LogP contribution in [0.4, 0.5) is 0 Å². The van der Waals surface area contributed by atoms with Crippen molar-refractivity contribution in [2.75, 3.05) is 6.54 Å². The molecular formula is C14H19N3O3S. The topological polar surface area (TPSA) is 98.2 Å².